The fraction of sp³-hybridized carbons (Fsp3) is 0.333. The molecule has 0 heterocycles. The molecule has 3 nitrogen and oxygen atoms in total. The van der Waals surface area contributed by atoms with Gasteiger partial charge in [0.2, 0.25) is 0 Å². The molecular weight excluding hydrogens is 264 g/mol. The van der Waals surface area contributed by atoms with E-state index in [1.54, 1.807) is 0 Å². The van der Waals surface area contributed by atoms with Gasteiger partial charge in [-0.2, -0.15) is 0 Å². The smallest absolute Gasteiger partial charge is 0.103 e. The van der Waals surface area contributed by atoms with E-state index in [1.807, 2.05) is 67.6 Å². The Kier molecular flexibility index (Phi) is 6.41. The van der Waals surface area contributed by atoms with E-state index in [0.717, 1.165) is 11.1 Å². The summed E-state index contributed by atoms with van der Waals surface area (Å²) in [5, 5.41) is 10.0. The fourth-order valence-electron chi connectivity index (χ4n) is 1.92. The summed E-state index contributed by atoms with van der Waals surface area (Å²) in [6, 6.07) is 19.9. The van der Waals surface area contributed by atoms with Crippen LogP contribution in [-0.4, -0.2) is 23.9 Å². The van der Waals surface area contributed by atoms with Gasteiger partial charge in [-0.25, -0.2) is 0 Å². The molecular formula is C18H22O3. The van der Waals surface area contributed by atoms with Crippen molar-refractivity contribution >= 4 is 0 Å². The van der Waals surface area contributed by atoms with Crippen molar-refractivity contribution in [2.75, 3.05) is 6.61 Å². The molecule has 3 heteroatoms. The molecule has 1 unspecified atom stereocenters. The molecule has 0 aromatic heterocycles. The van der Waals surface area contributed by atoms with Crippen molar-refractivity contribution in [1.82, 2.24) is 0 Å². The molecule has 1 N–H and O–H groups in total. The van der Waals surface area contributed by atoms with E-state index >= 15 is 0 Å². The van der Waals surface area contributed by atoms with E-state index in [1.165, 1.54) is 0 Å². The molecule has 2 aromatic carbocycles. The van der Waals surface area contributed by atoms with Gasteiger partial charge in [-0.1, -0.05) is 60.7 Å². The molecule has 0 saturated carbocycles. The van der Waals surface area contributed by atoms with Crippen LogP contribution >= 0.6 is 0 Å². The summed E-state index contributed by atoms with van der Waals surface area (Å²) in [5.74, 6) is 0. The van der Waals surface area contributed by atoms with Crippen LogP contribution in [0.15, 0.2) is 60.7 Å². The molecule has 2 rings (SSSR count). The first kappa shape index (κ1) is 15.7. The first-order valence-corrected chi connectivity index (χ1v) is 7.21. The summed E-state index contributed by atoms with van der Waals surface area (Å²) in [7, 11) is 0. The zero-order valence-corrected chi connectivity index (χ0v) is 12.3. The van der Waals surface area contributed by atoms with Crippen LogP contribution in [0.2, 0.25) is 0 Å². The van der Waals surface area contributed by atoms with Crippen molar-refractivity contribution < 1.29 is 14.6 Å². The maximum atomic E-state index is 10.0. The maximum absolute atomic E-state index is 10.0. The van der Waals surface area contributed by atoms with Crippen LogP contribution in [0.25, 0.3) is 0 Å². The molecule has 2 atom stereocenters. The van der Waals surface area contributed by atoms with Crippen LogP contribution in [0.3, 0.4) is 0 Å². The van der Waals surface area contributed by atoms with Gasteiger partial charge in [-0.3, -0.25) is 0 Å². The lowest BCUT2D eigenvalue weighted by molar-refractivity contribution is -0.0724. The summed E-state index contributed by atoms with van der Waals surface area (Å²) < 4.78 is 11.2. The second kappa shape index (κ2) is 8.57. The Morgan fingerprint density at radius 2 is 1.38 bits per heavy atom. The molecule has 0 fully saturated rings. The Labute approximate surface area is 126 Å². The van der Waals surface area contributed by atoms with Crippen molar-refractivity contribution in [2.24, 2.45) is 0 Å². The Hall–Kier alpha value is -1.68. The van der Waals surface area contributed by atoms with Gasteiger partial charge in [0.25, 0.3) is 0 Å². The van der Waals surface area contributed by atoms with Crippen molar-refractivity contribution in [2.45, 2.75) is 32.3 Å². The molecule has 0 aliphatic heterocycles. The van der Waals surface area contributed by atoms with E-state index in [0.29, 0.717) is 13.2 Å². The third-order valence-electron chi connectivity index (χ3n) is 3.30. The van der Waals surface area contributed by atoms with Crippen molar-refractivity contribution in [1.29, 1.82) is 0 Å². The van der Waals surface area contributed by atoms with Crippen molar-refractivity contribution in [3.8, 4) is 0 Å². The van der Waals surface area contributed by atoms with Crippen molar-refractivity contribution in [3.05, 3.63) is 71.8 Å². The average molecular weight is 286 g/mol. The van der Waals surface area contributed by atoms with Gasteiger partial charge in [0.15, 0.2) is 0 Å². The lowest BCUT2D eigenvalue weighted by atomic mass is 10.2. The Bertz CT molecular complexity index is 498. The number of hydrogen-bond donors (Lipinski definition) is 1. The van der Waals surface area contributed by atoms with Gasteiger partial charge in [0, 0.05) is 0 Å². The summed E-state index contributed by atoms with van der Waals surface area (Å²) in [6.07, 6.45) is -0.890. The van der Waals surface area contributed by atoms with Crippen LogP contribution in [0.5, 0.6) is 0 Å². The molecule has 0 bridgehead atoms. The molecule has 0 aliphatic rings. The lowest BCUT2D eigenvalue weighted by Crippen LogP contribution is -2.30. The van der Waals surface area contributed by atoms with Crippen LogP contribution in [-0.2, 0) is 22.7 Å². The third-order valence-corrected chi connectivity index (χ3v) is 3.30. The molecule has 0 saturated heterocycles. The number of benzene rings is 2. The van der Waals surface area contributed by atoms with Gasteiger partial charge in [0.1, 0.15) is 6.10 Å². The predicted molar refractivity (Wildman–Crippen MR) is 82.8 cm³/mol. The van der Waals surface area contributed by atoms with Crippen LogP contribution in [0.4, 0.5) is 0 Å². The molecule has 0 spiro atoms. The monoisotopic (exact) mass is 286 g/mol. The molecule has 0 aliphatic carbocycles. The number of aliphatic hydroxyl groups is 1. The first-order valence-electron chi connectivity index (χ1n) is 7.21. The second-order valence-corrected chi connectivity index (χ2v) is 5.07. The van der Waals surface area contributed by atoms with Crippen molar-refractivity contribution in [3.63, 3.8) is 0 Å². The second-order valence-electron chi connectivity index (χ2n) is 5.07. The predicted octanol–water partition coefficient (Wildman–Crippen LogP) is 3.17. The highest BCUT2D eigenvalue weighted by molar-refractivity contribution is 5.14. The third kappa shape index (κ3) is 5.68. The Morgan fingerprint density at radius 1 is 0.857 bits per heavy atom. The minimum Gasteiger partial charge on any atom is -0.388 e. The zero-order chi connectivity index (χ0) is 14.9. The van der Waals surface area contributed by atoms with Gasteiger partial charge in [0.05, 0.1) is 25.9 Å². The molecule has 0 radical (unpaired) electrons. The SMILES string of the molecule is C[C@@H](OCc1ccccc1)C(O)COCc1ccccc1. The number of aliphatic hydroxyl groups excluding tert-OH is 1. The summed E-state index contributed by atoms with van der Waals surface area (Å²) >= 11 is 0. The van der Waals surface area contributed by atoms with Gasteiger partial charge in [-0.05, 0) is 18.1 Å². The zero-order valence-electron chi connectivity index (χ0n) is 12.3. The lowest BCUT2D eigenvalue weighted by Gasteiger charge is -2.19. The minimum absolute atomic E-state index is 0.263. The summed E-state index contributed by atoms with van der Waals surface area (Å²) in [6.45, 7) is 3.13. The van der Waals surface area contributed by atoms with E-state index in [9.17, 15) is 5.11 Å². The molecule has 2 aromatic rings. The maximum Gasteiger partial charge on any atom is 0.103 e. The highest BCUT2D eigenvalue weighted by atomic mass is 16.5. The quantitative estimate of drug-likeness (QED) is 0.810. The van der Waals surface area contributed by atoms with Crippen LogP contribution < -0.4 is 0 Å². The average Bonchev–Trinajstić information content (AvgIpc) is 2.54. The normalized spacial score (nSPS) is 13.8. The highest BCUT2D eigenvalue weighted by Crippen LogP contribution is 2.07. The Balaban J connectivity index is 1.66. The van der Waals surface area contributed by atoms with Gasteiger partial charge >= 0.3 is 0 Å². The molecule has 21 heavy (non-hydrogen) atoms. The van der Waals surface area contributed by atoms with E-state index < -0.39 is 6.10 Å². The fourth-order valence-corrected chi connectivity index (χ4v) is 1.92. The number of rotatable bonds is 8. The van der Waals surface area contributed by atoms with E-state index in [-0.39, 0.29) is 12.7 Å². The summed E-state index contributed by atoms with van der Waals surface area (Å²) in [5.41, 5.74) is 2.20. The van der Waals surface area contributed by atoms with Gasteiger partial charge < -0.3 is 14.6 Å². The topological polar surface area (TPSA) is 38.7 Å². The van der Waals surface area contributed by atoms with Crippen LogP contribution in [0, 0.1) is 0 Å². The largest absolute Gasteiger partial charge is 0.388 e. The Morgan fingerprint density at radius 3 is 1.95 bits per heavy atom. The first-order chi connectivity index (χ1) is 10.3. The number of ether oxygens (including phenoxy) is 2. The minimum atomic E-state index is -0.627. The number of hydrogen-bond acceptors (Lipinski definition) is 3. The van der Waals surface area contributed by atoms with E-state index in [2.05, 4.69) is 0 Å². The molecule has 112 valence electrons. The van der Waals surface area contributed by atoms with Gasteiger partial charge in [-0.15, -0.1) is 0 Å². The summed E-state index contributed by atoms with van der Waals surface area (Å²) in [4.78, 5) is 0. The standard InChI is InChI=1S/C18H22O3/c1-15(21-13-17-10-6-3-7-11-17)18(19)14-20-12-16-8-4-2-5-9-16/h2-11,15,18-19H,12-14H2,1H3/t15-,18?/m1/s1. The molecule has 0 amide bonds. The van der Waals surface area contributed by atoms with E-state index in [4.69, 9.17) is 9.47 Å². The van der Waals surface area contributed by atoms with Crippen LogP contribution in [0.1, 0.15) is 18.1 Å². The highest BCUT2D eigenvalue weighted by Gasteiger charge is 2.15.